The molecule has 1 aromatic rings. The monoisotopic (exact) mass is 388 g/mol. The maximum absolute atomic E-state index is 12.8. The number of hydrogen-bond acceptors (Lipinski definition) is 4. The third-order valence-corrected chi connectivity index (χ3v) is 6.48. The lowest BCUT2D eigenvalue weighted by Gasteiger charge is -2.31. The summed E-state index contributed by atoms with van der Waals surface area (Å²) >= 11 is 3.39. The highest BCUT2D eigenvalue weighted by molar-refractivity contribution is 9.10. The number of sulfonamides is 1. The molecule has 3 rings (SSSR count). The third kappa shape index (κ3) is 3.18. The zero-order chi connectivity index (χ0) is 15.7. The van der Waals surface area contributed by atoms with Crippen molar-refractivity contribution in [2.75, 3.05) is 13.2 Å². The highest BCUT2D eigenvalue weighted by Crippen LogP contribution is 2.36. The lowest BCUT2D eigenvalue weighted by molar-refractivity contribution is 0.295. The number of rotatable bonds is 4. The Morgan fingerprint density at radius 1 is 1.32 bits per heavy atom. The minimum Gasteiger partial charge on any atom is -0.492 e. The fraction of sp³-hybridized carbons (Fsp3) is 0.600. The molecule has 122 valence electrons. The van der Waals surface area contributed by atoms with E-state index in [4.69, 9.17) is 10.5 Å². The summed E-state index contributed by atoms with van der Waals surface area (Å²) in [4.78, 5) is 0.232. The molecule has 0 saturated heterocycles. The van der Waals surface area contributed by atoms with E-state index in [1.165, 1.54) is 0 Å². The Bertz CT molecular complexity index is 663. The normalized spacial score (nSPS) is 24.8. The molecule has 2 aliphatic rings. The molecular formula is C15H21BrN2O3S. The van der Waals surface area contributed by atoms with Crippen LogP contribution in [0.25, 0.3) is 0 Å². The molecule has 7 heteroatoms. The molecule has 1 aliphatic carbocycles. The van der Waals surface area contributed by atoms with Crippen molar-refractivity contribution in [3.8, 4) is 5.75 Å². The molecule has 5 nitrogen and oxygen atoms in total. The van der Waals surface area contributed by atoms with Gasteiger partial charge >= 0.3 is 0 Å². The van der Waals surface area contributed by atoms with E-state index < -0.39 is 10.0 Å². The Morgan fingerprint density at radius 2 is 2.09 bits per heavy atom. The van der Waals surface area contributed by atoms with Crippen LogP contribution in [0.4, 0.5) is 0 Å². The predicted molar refractivity (Wildman–Crippen MR) is 88.5 cm³/mol. The first-order chi connectivity index (χ1) is 10.5. The Balaban J connectivity index is 1.90. The van der Waals surface area contributed by atoms with Gasteiger partial charge in [-0.15, -0.1) is 0 Å². The Morgan fingerprint density at radius 3 is 2.86 bits per heavy atom. The minimum absolute atomic E-state index is 0.0835. The van der Waals surface area contributed by atoms with Gasteiger partial charge in [0, 0.05) is 22.5 Å². The number of benzene rings is 1. The van der Waals surface area contributed by atoms with Crippen LogP contribution < -0.4 is 15.2 Å². The summed E-state index contributed by atoms with van der Waals surface area (Å²) in [5.41, 5.74) is 6.74. The highest BCUT2D eigenvalue weighted by Gasteiger charge is 2.32. The molecule has 1 heterocycles. The van der Waals surface area contributed by atoms with Crippen LogP contribution >= 0.6 is 15.9 Å². The number of nitrogens with one attached hydrogen (secondary N) is 1. The smallest absolute Gasteiger partial charge is 0.244 e. The molecule has 1 aromatic carbocycles. The lowest BCUT2D eigenvalue weighted by atomic mass is 9.85. The molecule has 22 heavy (non-hydrogen) atoms. The van der Waals surface area contributed by atoms with E-state index in [9.17, 15) is 8.42 Å². The minimum atomic E-state index is -3.61. The molecule has 0 spiro atoms. The van der Waals surface area contributed by atoms with E-state index in [1.54, 1.807) is 6.07 Å². The molecule has 3 N–H and O–H groups in total. The quantitative estimate of drug-likeness (QED) is 0.827. The van der Waals surface area contributed by atoms with E-state index in [-0.39, 0.29) is 16.9 Å². The van der Waals surface area contributed by atoms with Gasteiger partial charge in [0.25, 0.3) is 0 Å². The number of fused-ring (bicyclic) bond motifs is 1. The van der Waals surface area contributed by atoms with Crippen LogP contribution in [-0.4, -0.2) is 27.6 Å². The summed E-state index contributed by atoms with van der Waals surface area (Å²) in [7, 11) is -3.61. The maximum Gasteiger partial charge on any atom is 0.244 e. The summed E-state index contributed by atoms with van der Waals surface area (Å²) < 4.78 is 34.8. The number of nitrogens with two attached hydrogens (primary N) is 1. The largest absolute Gasteiger partial charge is 0.492 e. The van der Waals surface area contributed by atoms with Gasteiger partial charge in [0.05, 0.1) is 6.61 Å². The summed E-state index contributed by atoms with van der Waals surface area (Å²) in [6, 6.07) is 3.46. The van der Waals surface area contributed by atoms with Gasteiger partial charge in [-0.25, -0.2) is 13.1 Å². The highest BCUT2D eigenvalue weighted by atomic mass is 79.9. The van der Waals surface area contributed by atoms with Crippen LogP contribution in [0.15, 0.2) is 21.5 Å². The van der Waals surface area contributed by atoms with Crippen molar-refractivity contribution < 1.29 is 13.2 Å². The van der Waals surface area contributed by atoms with Gasteiger partial charge in [0.1, 0.15) is 10.6 Å². The van der Waals surface area contributed by atoms with Gasteiger partial charge in [0.15, 0.2) is 0 Å². The summed E-state index contributed by atoms with van der Waals surface area (Å²) in [6.07, 6.45) is 4.73. The van der Waals surface area contributed by atoms with Crippen molar-refractivity contribution in [1.82, 2.24) is 4.72 Å². The van der Waals surface area contributed by atoms with Crippen molar-refractivity contribution in [1.29, 1.82) is 0 Å². The fourth-order valence-corrected chi connectivity index (χ4v) is 5.55. The lowest BCUT2D eigenvalue weighted by Crippen LogP contribution is -2.44. The molecular weight excluding hydrogens is 368 g/mol. The Labute approximate surface area is 139 Å². The van der Waals surface area contributed by atoms with Crippen molar-refractivity contribution in [3.63, 3.8) is 0 Å². The van der Waals surface area contributed by atoms with Crippen LogP contribution in [0.3, 0.4) is 0 Å². The van der Waals surface area contributed by atoms with E-state index in [0.29, 0.717) is 18.9 Å². The molecule has 1 aliphatic heterocycles. The first-order valence-electron chi connectivity index (χ1n) is 7.69. The van der Waals surface area contributed by atoms with Gasteiger partial charge in [-0.2, -0.15) is 0 Å². The van der Waals surface area contributed by atoms with Gasteiger partial charge in [-0.1, -0.05) is 28.8 Å². The maximum atomic E-state index is 12.8. The molecule has 0 aromatic heterocycles. The van der Waals surface area contributed by atoms with Gasteiger partial charge in [0.2, 0.25) is 10.0 Å². The van der Waals surface area contributed by atoms with Gasteiger partial charge < -0.3 is 10.5 Å². The van der Waals surface area contributed by atoms with Crippen LogP contribution in [0.5, 0.6) is 5.75 Å². The average molecular weight is 389 g/mol. The topological polar surface area (TPSA) is 81.4 Å². The van der Waals surface area contributed by atoms with E-state index in [0.717, 1.165) is 42.1 Å². The van der Waals surface area contributed by atoms with Crippen molar-refractivity contribution in [2.24, 2.45) is 11.7 Å². The second kappa shape index (κ2) is 6.47. The fourth-order valence-electron chi connectivity index (χ4n) is 3.34. The van der Waals surface area contributed by atoms with Gasteiger partial charge in [-0.3, -0.25) is 0 Å². The van der Waals surface area contributed by atoms with Gasteiger partial charge in [-0.05, 0) is 37.4 Å². The third-order valence-electron chi connectivity index (χ3n) is 4.52. The molecule has 2 atom stereocenters. The Hall–Kier alpha value is -0.630. The first kappa shape index (κ1) is 16.2. The molecule has 0 amide bonds. The molecule has 1 fully saturated rings. The molecule has 0 bridgehead atoms. The van der Waals surface area contributed by atoms with Crippen LogP contribution in [0.2, 0.25) is 0 Å². The Kier molecular flexibility index (Phi) is 4.77. The van der Waals surface area contributed by atoms with Crippen LogP contribution in [0, 0.1) is 5.92 Å². The zero-order valence-corrected chi connectivity index (χ0v) is 14.7. The van der Waals surface area contributed by atoms with E-state index >= 15 is 0 Å². The SMILES string of the molecule is NCC1CCCCC1NS(=O)(=O)c1cc(Br)cc2c1OCC2. The standard InChI is InChI=1S/C15H21BrN2O3S/c16-12-7-10-5-6-21-15(10)14(8-12)22(19,20)18-13-4-2-1-3-11(13)9-17/h7-8,11,13,18H,1-6,9,17H2. The van der Waals surface area contributed by atoms with Crippen molar-refractivity contribution in [2.45, 2.75) is 43.0 Å². The summed E-state index contributed by atoms with van der Waals surface area (Å²) in [5, 5.41) is 0. The first-order valence-corrected chi connectivity index (χ1v) is 9.96. The number of ether oxygens (including phenoxy) is 1. The molecule has 0 radical (unpaired) electrons. The van der Waals surface area contributed by atoms with Crippen molar-refractivity contribution in [3.05, 3.63) is 22.2 Å². The van der Waals surface area contributed by atoms with Crippen molar-refractivity contribution >= 4 is 26.0 Å². The number of halogens is 1. The molecule has 1 saturated carbocycles. The van der Waals surface area contributed by atoms with E-state index in [2.05, 4.69) is 20.7 Å². The second-order valence-corrected chi connectivity index (χ2v) is 8.60. The number of hydrogen-bond donors (Lipinski definition) is 2. The average Bonchev–Trinajstić information content (AvgIpc) is 2.94. The molecule has 2 unspecified atom stereocenters. The summed E-state index contributed by atoms with van der Waals surface area (Å²) in [6.45, 7) is 1.05. The zero-order valence-electron chi connectivity index (χ0n) is 12.3. The predicted octanol–water partition coefficient (Wildman–Crippen LogP) is 2.18. The summed E-state index contributed by atoms with van der Waals surface area (Å²) in [5.74, 6) is 0.709. The van der Waals surface area contributed by atoms with Crippen LogP contribution in [0.1, 0.15) is 31.2 Å². The van der Waals surface area contributed by atoms with E-state index in [1.807, 2.05) is 6.07 Å². The van der Waals surface area contributed by atoms with Crippen LogP contribution in [-0.2, 0) is 16.4 Å². The second-order valence-electron chi connectivity index (χ2n) is 6.00.